The number of carbonyl (C=O) groups is 1. The number of H-pyrrole nitrogens is 1. The molecular formula is C13H13NO2. The molecular weight excluding hydrogens is 202 g/mol. The van der Waals surface area contributed by atoms with Crippen LogP contribution in [-0.4, -0.2) is 16.1 Å². The van der Waals surface area contributed by atoms with Gasteiger partial charge >= 0.3 is 5.97 Å². The van der Waals surface area contributed by atoms with E-state index < -0.39 is 5.97 Å². The third-order valence-corrected chi connectivity index (χ3v) is 3.41. The molecule has 2 aromatic rings. The maximum absolute atomic E-state index is 11.2. The molecule has 1 atom stereocenters. The Balaban J connectivity index is 2.25. The second-order valence-corrected chi connectivity index (χ2v) is 4.35. The zero-order valence-electron chi connectivity index (χ0n) is 8.86. The van der Waals surface area contributed by atoms with E-state index in [1.165, 1.54) is 10.9 Å². The lowest BCUT2D eigenvalue weighted by atomic mass is 9.87. The number of nitrogens with one attached hydrogen (secondary N) is 1. The van der Waals surface area contributed by atoms with Crippen LogP contribution < -0.4 is 0 Å². The van der Waals surface area contributed by atoms with Crippen LogP contribution in [0.2, 0.25) is 0 Å². The molecule has 0 saturated carbocycles. The molecule has 2 N–H and O–H groups in total. The summed E-state index contributed by atoms with van der Waals surface area (Å²) in [7, 11) is 0. The van der Waals surface area contributed by atoms with Gasteiger partial charge in [0.25, 0.3) is 0 Å². The van der Waals surface area contributed by atoms with E-state index in [-0.39, 0.29) is 5.92 Å². The van der Waals surface area contributed by atoms with Gasteiger partial charge in [0.15, 0.2) is 0 Å². The maximum atomic E-state index is 11.2. The van der Waals surface area contributed by atoms with E-state index in [1.807, 2.05) is 18.2 Å². The van der Waals surface area contributed by atoms with Crippen molar-refractivity contribution in [2.45, 2.75) is 25.2 Å². The van der Waals surface area contributed by atoms with Gasteiger partial charge in [-0.1, -0.05) is 18.2 Å². The fourth-order valence-electron chi connectivity index (χ4n) is 2.66. The van der Waals surface area contributed by atoms with Gasteiger partial charge in [-0.15, -0.1) is 0 Å². The molecule has 0 amide bonds. The Morgan fingerprint density at radius 3 is 3.00 bits per heavy atom. The minimum atomic E-state index is -0.715. The Labute approximate surface area is 93.1 Å². The fraction of sp³-hybridized carbons (Fsp3) is 0.308. The van der Waals surface area contributed by atoms with Crippen molar-refractivity contribution in [2.75, 3.05) is 0 Å². The number of benzene rings is 1. The molecule has 1 aliphatic rings. The smallest absolute Gasteiger partial charge is 0.312 e. The van der Waals surface area contributed by atoms with Crippen LogP contribution >= 0.6 is 0 Å². The van der Waals surface area contributed by atoms with Crippen LogP contribution in [0.25, 0.3) is 10.9 Å². The third-order valence-electron chi connectivity index (χ3n) is 3.41. The van der Waals surface area contributed by atoms with Gasteiger partial charge in [0.1, 0.15) is 0 Å². The molecule has 0 aliphatic heterocycles. The number of fused-ring (bicyclic) bond motifs is 3. The maximum Gasteiger partial charge on any atom is 0.312 e. The first-order valence-electron chi connectivity index (χ1n) is 5.59. The first kappa shape index (κ1) is 9.46. The Morgan fingerprint density at radius 2 is 2.19 bits per heavy atom. The normalized spacial score (nSPS) is 19.6. The zero-order valence-corrected chi connectivity index (χ0v) is 8.86. The standard InChI is InChI=1S/C13H13NO2/c15-13(16)10-6-3-5-9-8-4-1-2-7-11(8)14-12(9)10/h1-2,4,7,10,14H,3,5-6H2,(H,15,16). The van der Waals surface area contributed by atoms with Crippen LogP contribution in [0.15, 0.2) is 24.3 Å². The summed E-state index contributed by atoms with van der Waals surface area (Å²) in [5, 5.41) is 10.4. The summed E-state index contributed by atoms with van der Waals surface area (Å²) in [6, 6.07) is 8.04. The van der Waals surface area contributed by atoms with Gasteiger partial charge in [-0.25, -0.2) is 0 Å². The van der Waals surface area contributed by atoms with Gasteiger partial charge in [0, 0.05) is 16.6 Å². The molecule has 1 heterocycles. The molecule has 1 aliphatic carbocycles. The number of rotatable bonds is 1. The topological polar surface area (TPSA) is 53.1 Å². The van der Waals surface area contributed by atoms with Gasteiger partial charge in [0.05, 0.1) is 5.92 Å². The van der Waals surface area contributed by atoms with Crippen LogP contribution in [0, 0.1) is 0 Å². The van der Waals surface area contributed by atoms with Gasteiger partial charge in [-0.3, -0.25) is 4.79 Å². The summed E-state index contributed by atoms with van der Waals surface area (Å²) in [4.78, 5) is 14.4. The third kappa shape index (κ3) is 1.24. The molecule has 3 rings (SSSR count). The monoisotopic (exact) mass is 215 g/mol. The predicted molar refractivity (Wildman–Crippen MR) is 61.6 cm³/mol. The number of aromatic amines is 1. The van der Waals surface area contributed by atoms with E-state index in [1.54, 1.807) is 0 Å². The average Bonchev–Trinajstić information content (AvgIpc) is 2.67. The largest absolute Gasteiger partial charge is 0.481 e. The highest BCUT2D eigenvalue weighted by Crippen LogP contribution is 2.35. The number of aryl methyl sites for hydroxylation is 1. The summed E-state index contributed by atoms with van der Waals surface area (Å²) in [6.07, 6.45) is 2.70. The predicted octanol–water partition coefficient (Wildman–Crippen LogP) is 2.67. The van der Waals surface area contributed by atoms with Crippen LogP contribution in [0.5, 0.6) is 0 Å². The van der Waals surface area contributed by atoms with Crippen LogP contribution in [0.1, 0.15) is 30.0 Å². The lowest BCUT2D eigenvalue weighted by Crippen LogP contribution is -2.17. The van der Waals surface area contributed by atoms with Crippen molar-refractivity contribution >= 4 is 16.9 Å². The highest BCUT2D eigenvalue weighted by molar-refractivity contribution is 5.88. The summed E-state index contributed by atoms with van der Waals surface area (Å²) in [6.45, 7) is 0. The van der Waals surface area contributed by atoms with Crippen molar-refractivity contribution in [2.24, 2.45) is 0 Å². The van der Waals surface area contributed by atoms with Gasteiger partial charge in [-0.2, -0.15) is 0 Å². The highest BCUT2D eigenvalue weighted by Gasteiger charge is 2.28. The number of aromatic nitrogens is 1. The molecule has 1 aromatic carbocycles. The van der Waals surface area contributed by atoms with Crippen LogP contribution in [-0.2, 0) is 11.2 Å². The van der Waals surface area contributed by atoms with Crippen molar-refractivity contribution in [3.63, 3.8) is 0 Å². The first-order chi connectivity index (χ1) is 7.77. The molecule has 16 heavy (non-hydrogen) atoms. The van der Waals surface area contributed by atoms with E-state index >= 15 is 0 Å². The average molecular weight is 215 g/mol. The van der Waals surface area contributed by atoms with E-state index in [0.717, 1.165) is 30.5 Å². The molecule has 3 heteroatoms. The number of hydrogen-bond donors (Lipinski definition) is 2. The molecule has 3 nitrogen and oxygen atoms in total. The minimum absolute atomic E-state index is 0.351. The highest BCUT2D eigenvalue weighted by atomic mass is 16.4. The summed E-state index contributed by atoms with van der Waals surface area (Å²) in [5.74, 6) is -1.07. The van der Waals surface area contributed by atoms with Crippen molar-refractivity contribution in [1.82, 2.24) is 4.98 Å². The Morgan fingerprint density at radius 1 is 1.38 bits per heavy atom. The van der Waals surface area contributed by atoms with Gasteiger partial charge in [-0.05, 0) is 30.9 Å². The molecule has 1 aromatic heterocycles. The van der Waals surface area contributed by atoms with Gasteiger partial charge < -0.3 is 10.1 Å². The van der Waals surface area contributed by atoms with Crippen molar-refractivity contribution < 1.29 is 9.90 Å². The van der Waals surface area contributed by atoms with E-state index in [2.05, 4.69) is 11.1 Å². The number of carboxylic acids is 1. The van der Waals surface area contributed by atoms with Gasteiger partial charge in [0.2, 0.25) is 0 Å². The molecule has 0 saturated heterocycles. The Bertz CT molecular complexity index is 556. The Kier molecular flexibility index (Phi) is 1.99. The molecule has 0 fully saturated rings. The summed E-state index contributed by atoms with van der Waals surface area (Å²) < 4.78 is 0. The fourth-order valence-corrected chi connectivity index (χ4v) is 2.66. The van der Waals surface area contributed by atoms with E-state index in [4.69, 9.17) is 0 Å². The van der Waals surface area contributed by atoms with E-state index in [9.17, 15) is 9.90 Å². The SMILES string of the molecule is O=C(O)C1CCCc2c1[nH]c1ccccc21. The lowest BCUT2D eigenvalue weighted by molar-refractivity contribution is -0.139. The van der Waals surface area contributed by atoms with Crippen molar-refractivity contribution in [3.05, 3.63) is 35.5 Å². The number of para-hydroxylation sites is 1. The van der Waals surface area contributed by atoms with Crippen LogP contribution in [0.3, 0.4) is 0 Å². The van der Waals surface area contributed by atoms with Crippen LogP contribution in [0.4, 0.5) is 0 Å². The molecule has 82 valence electrons. The van der Waals surface area contributed by atoms with Crippen molar-refractivity contribution in [1.29, 1.82) is 0 Å². The summed E-state index contributed by atoms with van der Waals surface area (Å²) in [5.41, 5.74) is 3.18. The number of hydrogen-bond acceptors (Lipinski definition) is 1. The first-order valence-corrected chi connectivity index (χ1v) is 5.59. The quantitative estimate of drug-likeness (QED) is 0.768. The zero-order chi connectivity index (χ0) is 11.1. The van der Waals surface area contributed by atoms with E-state index in [0.29, 0.717) is 0 Å². The van der Waals surface area contributed by atoms with Crippen molar-refractivity contribution in [3.8, 4) is 0 Å². The molecule has 1 unspecified atom stereocenters. The second-order valence-electron chi connectivity index (χ2n) is 4.35. The second kappa shape index (κ2) is 3.37. The summed E-state index contributed by atoms with van der Waals surface area (Å²) >= 11 is 0. The number of aliphatic carboxylic acids is 1. The molecule has 0 bridgehead atoms. The number of carboxylic acid groups (broad SMARTS) is 1. The molecule has 0 spiro atoms. The lowest BCUT2D eigenvalue weighted by Gasteiger charge is -2.18. The minimum Gasteiger partial charge on any atom is -0.481 e. The molecule has 0 radical (unpaired) electrons. The Hall–Kier alpha value is -1.77.